The zero-order chi connectivity index (χ0) is 27.9. The zero-order valence-corrected chi connectivity index (χ0v) is 21.8. The van der Waals surface area contributed by atoms with Crippen molar-refractivity contribution in [3.63, 3.8) is 0 Å². The Kier molecular flexibility index (Phi) is 7.59. The average molecular weight is 549 g/mol. The van der Waals surface area contributed by atoms with E-state index in [1.54, 1.807) is 37.3 Å². The second-order valence-electron chi connectivity index (χ2n) is 10.5. The lowest BCUT2D eigenvalue weighted by Crippen LogP contribution is -2.57. The number of nitrogens with one attached hydrogen (secondary N) is 2. The number of ketones is 1. The molecule has 3 atom stereocenters. The predicted molar refractivity (Wildman–Crippen MR) is 135 cm³/mol. The SMILES string of the molecule is C[C@@H]1NC[C@@H](c2ccccc2)S(=O)(=O)C1Cc1cc(F)c(C2(C(=O)C=CC(=O)NO)CC(C)(O)C2)cc1F. The maximum Gasteiger partial charge on any atom is 0.267 e. The molecule has 2 aliphatic rings. The van der Waals surface area contributed by atoms with Crippen LogP contribution in [0.25, 0.3) is 0 Å². The van der Waals surface area contributed by atoms with Gasteiger partial charge in [0.25, 0.3) is 5.91 Å². The topological polar surface area (TPSA) is 133 Å². The standard InChI is InChI=1S/C27H30F2N2O6S/c1-16-22(38(36,37)23(13-30-16)17-6-4-3-5-7-17)11-18-10-21(29)19(12-20(18)28)27(14-26(2,34)15-27)24(32)8-9-25(33)31-35/h3-10,12,16,22-23,30,34-35H,11,13-15H2,1-2H3,(H,31,33)/t16-,22?,23-,26?,27?/m0/s1. The second kappa shape index (κ2) is 10.3. The molecule has 1 heterocycles. The molecule has 2 aromatic carbocycles. The van der Waals surface area contributed by atoms with Crippen LogP contribution in [0.4, 0.5) is 8.78 Å². The van der Waals surface area contributed by atoms with Gasteiger partial charge in [0.15, 0.2) is 15.6 Å². The minimum absolute atomic E-state index is 0.147. The van der Waals surface area contributed by atoms with E-state index in [1.807, 2.05) is 0 Å². The molecule has 2 aromatic rings. The van der Waals surface area contributed by atoms with Crippen molar-refractivity contribution in [2.24, 2.45) is 0 Å². The number of hydroxylamine groups is 1. The van der Waals surface area contributed by atoms with Crippen LogP contribution in [0.15, 0.2) is 54.6 Å². The first-order valence-corrected chi connectivity index (χ1v) is 13.8. The Hall–Kier alpha value is -2.99. The summed E-state index contributed by atoms with van der Waals surface area (Å²) in [5, 5.41) is 20.3. The van der Waals surface area contributed by atoms with E-state index in [2.05, 4.69) is 5.32 Å². The molecule has 1 saturated heterocycles. The summed E-state index contributed by atoms with van der Waals surface area (Å²) >= 11 is 0. The van der Waals surface area contributed by atoms with Crippen molar-refractivity contribution in [2.45, 2.75) is 60.7 Å². The van der Waals surface area contributed by atoms with E-state index >= 15 is 8.78 Å². The normalized spacial score (nSPS) is 30.5. The van der Waals surface area contributed by atoms with Gasteiger partial charge in [-0.05, 0) is 62.4 Å². The third-order valence-electron chi connectivity index (χ3n) is 7.58. The number of halogens is 2. The smallest absolute Gasteiger partial charge is 0.267 e. The highest BCUT2D eigenvalue weighted by atomic mass is 32.2. The number of benzene rings is 2. The molecule has 204 valence electrons. The van der Waals surface area contributed by atoms with Crippen LogP contribution in [0.1, 0.15) is 48.6 Å². The predicted octanol–water partition coefficient (Wildman–Crippen LogP) is 2.44. The highest BCUT2D eigenvalue weighted by Gasteiger charge is 2.57. The van der Waals surface area contributed by atoms with Crippen molar-refractivity contribution in [3.8, 4) is 0 Å². The van der Waals surface area contributed by atoms with Gasteiger partial charge in [-0.25, -0.2) is 22.7 Å². The molecule has 1 saturated carbocycles. The van der Waals surface area contributed by atoms with Gasteiger partial charge in [0.05, 0.1) is 21.5 Å². The lowest BCUT2D eigenvalue weighted by molar-refractivity contribution is -0.138. The first-order valence-electron chi connectivity index (χ1n) is 12.2. The Bertz CT molecular complexity index is 1370. The summed E-state index contributed by atoms with van der Waals surface area (Å²) in [5.74, 6) is -3.51. The lowest BCUT2D eigenvalue weighted by atomic mass is 9.54. The fourth-order valence-corrected chi connectivity index (χ4v) is 8.09. The van der Waals surface area contributed by atoms with Gasteiger partial charge in [-0.1, -0.05) is 30.3 Å². The molecule has 11 heteroatoms. The third-order valence-corrected chi connectivity index (χ3v) is 10.2. The van der Waals surface area contributed by atoms with Crippen LogP contribution in [0, 0.1) is 11.6 Å². The molecule has 0 spiro atoms. The molecular weight excluding hydrogens is 518 g/mol. The molecule has 1 unspecified atom stereocenters. The minimum Gasteiger partial charge on any atom is -0.390 e. The first kappa shape index (κ1) is 28.0. The van der Waals surface area contributed by atoms with Crippen LogP contribution in [0.3, 0.4) is 0 Å². The quantitative estimate of drug-likeness (QED) is 0.237. The van der Waals surface area contributed by atoms with Gasteiger partial charge in [-0.2, -0.15) is 0 Å². The summed E-state index contributed by atoms with van der Waals surface area (Å²) < 4.78 is 58.0. The van der Waals surface area contributed by atoms with Crippen molar-refractivity contribution < 1.29 is 37.1 Å². The fourth-order valence-electron chi connectivity index (χ4n) is 5.73. The van der Waals surface area contributed by atoms with Crippen LogP contribution in [-0.2, 0) is 31.3 Å². The van der Waals surface area contributed by atoms with Crippen LogP contribution in [0.2, 0.25) is 0 Å². The van der Waals surface area contributed by atoms with Gasteiger partial charge in [-0.3, -0.25) is 14.8 Å². The summed E-state index contributed by atoms with van der Waals surface area (Å²) in [6.45, 7) is 3.34. The van der Waals surface area contributed by atoms with E-state index in [0.29, 0.717) is 5.56 Å². The first-order chi connectivity index (χ1) is 17.8. The Labute approximate surface area is 219 Å². The van der Waals surface area contributed by atoms with Crippen molar-refractivity contribution >= 4 is 21.5 Å². The fraction of sp³-hybridized carbons (Fsp3) is 0.407. The average Bonchev–Trinajstić information content (AvgIpc) is 2.85. The van der Waals surface area contributed by atoms with E-state index in [9.17, 15) is 23.1 Å². The number of carbonyl (C=O) groups is 2. The maximum atomic E-state index is 15.5. The largest absolute Gasteiger partial charge is 0.390 e. The Morgan fingerprint density at radius 2 is 1.79 bits per heavy atom. The number of carbonyl (C=O) groups excluding carboxylic acids is 2. The Morgan fingerprint density at radius 3 is 2.39 bits per heavy atom. The summed E-state index contributed by atoms with van der Waals surface area (Å²) in [7, 11) is -3.78. The van der Waals surface area contributed by atoms with Crippen molar-refractivity contribution in [1.29, 1.82) is 0 Å². The van der Waals surface area contributed by atoms with Crippen molar-refractivity contribution in [2.75, 3.05) is 6.54 Å². The highest BCUT2D eigenvalue weighted by molar-refractivity contribution is 7.92. The van der Waals surface area contributed by atoms with Gasteiger partial charge >= 0.3 is 0 Å². The van der Waals surface area contributed by atoms with Gasteiger partial charge in [0, 0.05) is 24.2 Å². The monoisotopic (exact) mass is 548 g/mol. The van der Waals surface area contributed by atoms with Crippen LogP contribution >= 0.6 is 0 Å². The van der Waals surface area contributed by atoms with Crippen LogP contribution < -0.4 is 10.8 Å². The Balaban J connectivity index is 1.67. The third kappa shape index (κ3) is 5.15. The maximum absolute atomic E-state index is 15.5. The second-order valence-corrected chi connectivity index (χ2v) is 12.8. The number of allylic oxidation sites excluding steroid dienone is 1. The molecule has 38 heavy (non-hydrogen) atoms. The molecule has 1 aliphatic heterocycles. The van der Waals surface area contributed by atoms with E-state index in [0.717, 1.165) is 24.3 Å². The van der Waals surface area contributed by atoms with Crippen molar-refractivity contribution in [3.05, 3.63) is 82.9 Å². The zero-order valence-electron chi connectivity index (χ0n) is 20.9. The number of amides is 1. The van der Waals surface area contributed by atoms with E-state index in [-0.39, 0.29) is 36.9 Å². The number of aliphatic hydroxyl groups is 1. The minimum atomic E-state index is -3.78. The van der Waals surface area contributed by atoms with Gasteiger partial charge in [0.2, 0.25) is 0 Å². The summed E-state index contributed by atoms with van der Waals surface area (Å²) in [6, 6.07) is 9.97. The molecule has 4 rings (SSSR count). The van der Waals surface area contributed by atoms with E-state index in [4.69, 9.17) is 5.21 Å². The van der Waals surface area contributed by atoms with E-state index < -0.39 is 60.7 Å². The molecule has 0 radical (unpaired) electrons. The molecule has 1 amide bonds. The number of hydrogen-bond donors (Lipinski definition) is 4. The highest BCUT2D eigenvalue weighted by Crippen LogP contribution is 2.52. The van der Waals surface area contributed by atoms with Crippen LogP contribution in [-0.4, -0.2) is 53.9 Å². The van der Waals surface area contributed by atoms with Gasteiger partial charge in [-0.15, -0.1) is 0 Å². The van der Waals surface area contributed by atoms with Crippen LogP contribution in [0.5, 0.6) is 0 Å². The summed E-state index contributed by atoms with van der Waals surface area (Å²) in [4.78, 5) is 24.3. The molecule has 0 aromatic heterocycles. The molecular formula is C27H30F2N2O6S. The number of rotatable bonds is 7. The van der Waals surface area contributed by atoms with Crippen molar-refractivity contribution in [1.82, 2.24) is 10.8 Å². The summed E-state index contributed by atoms with van der Waals surface area (Å²) in [6.07, 6.45) is 0.897. The number of sulfone groups is 1. The molecule has 8 nitrogen and oxygen atoms in total. The number of hydrogen-bond acceptors (Lipinski definition) is 7. The van der Waals surface area contributed by atoms with Gasteiger partial charge in [0.1, 0.15) is 11.6 Å². The Morgan fingerprint density at radius 1 is 1.13 bits per heavy atom. The molecule has 0 bridgehead atoms. The van der Waals surface area contributed by atoms with E-state index in [1.165, 1.54) is 12.4 Å². The lowest BCUT2D eigenvalue weighted by Gasteiger charge is -2.50. The van der Waals surface area contributed by atoms with Gasteiger partial charge < -0.3 is 10.4 Å². The molecule has 4 N–H and O–H groups in total. The summed E-state index contributed by atoms with van der Waals surface area (Å²) in [5.41, 5.74) is -1.42. The molecule has 1 aliphatic carbocycles. The molecule has 2 fully saturated rings.